The lowest BCUT2D eigenvalue weighted by Crippen LogP contribution is -2.62. The van der Waals surface area contributed by atoms with Crippen molar-refractivity contribution in [1.82, 2.24) is 5.32 Å². The lowest BCUT2D eigenvalue weighted by molar-refractivity contribution is 0.276. The number of rotatable bonds is 4. The highest BCUT2D eigenvalue weighted by molar-refractivity contribution is 5.57. The van der Waals surface area contributed by atoms with E-state index in [0.29, 0.717) is 6.04 Å². The molecule has 1 aromatic carbocycles. The molecule has 1 fully saturated rings. The largest absolute Gasteiger partial charge is 0.497 e. The van der Waals surface area contributed by atoms with Gasteiger partial charge < -0.3 is 15.0 Å². The summed E-state index contributed by atoms with van der Waals surface area (Å²) in [7, 11) is 1.72. The summed E-state index contributed by atoms with van der Waals surface area (Å²) in [6.45, 7) is 11.2. The number of nitrogens with zero attached hydrogens (tertiary/aromatic N) is 1. The molecule has 0 saturated carbocycles. The second-order valence-electron chi connectivity index (χ2n) is 6.14. The van der Waals surface area contributed by atoms with Crippen LogP contribution in [0, 0.1) is 6.92 Å². The summed E-state index contributed by atoms with van der Waals surface area (Å²) in [6, 6.07) is 6.98. The van der Waals surface area contributed by atoms with Gasteiger partial charge in [0.1, 0.15) is 5.75 Å². The molecular weight excluding hydrogens is 248 g/mol. The van der Waals surface area contributed by atoms with Crippen LogP contribution in [-0.2, 0) is 0 Å². The van der Waals surface area contributed by atoms with Gasteiger partial charge in [0.15, 0.2) is 0 Å². The number of benzene rings is 1. The molecule has 2 rings (SSSR count). The predicted molar refractivity (Wildman–Crippen MR) is 85.9 cm³/mol. The minimum Gasteiger partial charge on any atom is -0.497 e. The van der Waals surface area contributed by atoms with Crippen LogP contribution in [0.1, 0.15) is 39.2 Å². The highest BCUT2D eigenvalue weighted by Gasteiger charge is 2.34. The van der Waals surface area contributed by atoms with Crippen LogP contribution in [-0.4, -0.2) is 31.8 Å². The van der Waals surface area contributed by atoms with Gasteiger partial charge in [0.05, 0.1) is 7.11 Å². The van der Waals surface area contributed by atoms with E-state index in [1.165, 1.54) is 11.3 Å². The summed E-state index contributed by atoms with van der Waals surface area (Å²) >= 11 is 0. The zero-order valence-electron chi connectivity index (χ0n) is 13.5. The SMILES string of the molecule is CCC1CNC(C)(CC)CN1c1ccc(OC)cc1C. The van der Waals surface area contributed by atoms with E-state index < -0.39 is 0 Å². The Morgan fingerprint density at radius 3 is 2.70 bits per heavy atom. The maximum absolute atomic E-state index is 5.32. The Kier molecular flexibility index (Phi) is 4.59. The number of piperazine rings is 1. The summed E-state index contributed by atoms with van der Waals surface area (Å²) in [5.41, 5.74) is 2.85. The molecule has 3 nitrogen and oxygen atoms in total. The number of nitrogens with one attached hydrogen (secondary N) is 1. The van der Waals surface area contributed by atoms with Crippen LogP contribution >= 0.6 is 0 Å². The number of methoxy groups -OCH3 is 1. The molecule has 0 bridgehead atoms. The summed E-state index contributed by atoms with van der Waals surface area (Å²) in [5.74, 6) is 0.938. The Bertz CT molecular complexity index is 460. The predicted octanol–water partition coefficient (Wildman–Crippen LogP) is 3.36. The second kappa shape index (κ2) is 6.04. The lowest BCUT2D eigenvalue weighted by atomic mass is 9.92. The summed E-state index contributed by atoms with van der Waals surface area (Å²) in [4.78, 5) is 2.58. The first-order valence-corrected chi connectivity index (χ1v) is 7.69. The zero-order valence-corrected chi connectivity index (χ0v) is 13.5. The Morgan fingerprint density at radius 2 is 2.15 bits per heavy atom. The third-order valence-corrected chi connectivity index (χ3v) is 4.69. The van der Waals surface area contributed by atoms with E-state index in [4.69, 9.17) is 4.74 Å². The Balaban J connectivity index is 2.31. The van der Waals surface area contributed by atoms with Crippen molar-refractivity contribution in [3.63, 3.8) is 0 Å². The standard InChI is InChI=1S/C17H28N2O/c1-6-14-11-18-17(4,7-2)12-19(14)16-9-8-15(20-5)10-13(16)3/h8-10,14,18H,6-7,11-12H2,1-5H3. The van der Waals surface area contributed by atoms with E-state index in [2.05, 4.69) is 56.1 Å². The van der Waals surface area contributed by atoms with Gasteiger partial charge in [0, 0.05) is 30.4 Å². The Labute approximate surface area is 123 Å². The van der Waals surface area contributed by atoms with Crippen molar-refractivity contribution in [2.75, 3.05) is 25.1 Å². The maximum atomic E-state index is 5.32. The summed E-state index contributed by atoms with van der Waals surface area (Å²) < 4.78 is 5.32. The molecule has 1 saturated heterocycles. The molecule has 0 aliphatic carbocycles. The van der Waals surface area contributed by atoms with Crippen LogP contribution in [0.15, 0.2) is 18.2 Å². The third kappa shape index (κ3) is 2.93. The van der Waals surface area contributed by atoms with Crippen LogP contribution in [0.3, 0.4) is 0 Å². The average molecular weight is 276 g/mol. The molecule has 3 heteroatoms. The monoisotopic (exact) mass is 276 g/mol. The topological polar surface area (TPSA) is 24.5 Å². The first kappa shape index (κ1) is 15.2. The van der Waals surface area contributed by atoms with Crippen LogP contribution in [0.25, 0.3) is 0 Å². The fraction of sp³-hybridized carbons (Fsp3) is 0.647. The average Bonchev–Trinajstić information content (AvgIpc) is 2.47. The normalized spacial score (nSPS) is 26.6. The van der Waals surface area contributed by atoms with Crippen LogP contribution < -0.4 is 15.0 Å². The van der Waals surface area contributed by atoms with E-state index in [1.807, 2.05) is 0 Å². The smallest absolute Gasteiger partial charge is 0.119 e. The highest BCUT2D eigenvalue weighted by atomic mass is 16.5. The molecule has 0 amide bonds. The van der Waals surface area contributed by atoms with Gasteiger partial charge >= 0.3 is 0 Å². The van der Waals surface area contributed by atoms with Gasteiger partial charge in [-0.15, -0.1) is 0 Å². The first-order chi connectivity index (χ1) is 9.53. The minimum atomic E-state index is 0.206. The molecule has 20 heavy (non-hydrogen) atoms. The van der Waals surface area contributed by atoms with Gasteiger partial charge in [-0.1, -0.05) is 13.8 Å². The first-order valence-electron chi connectivity index (χ1n) is 7.69. The number of anilines is 1. The van der Waals surface area contributed by atoms with E-state index in [9.17, 15) is 0 Å². The molecule has 112 valence electrons. The molecule has 2 atom stereocenters. The fourth-order valence-corrected chi connectivity index (χ4v) is 3.00. The van der Waals surface area contributed by atoms with Crippen LogP contribution in [0.2, 0.25) is 0 Å². The van der Waals surface area contributed by atoms with Crippen molar-refractivity contribution in [1.29, 1.82) is 0 Å². The van der Waals surface area contributed by atoms with Crippen molar-refractivity contribution in [2.45, 2.75) is 52.1 Å². The number of hydrogen-bond donors (Lipinski definition) is 1. The molecule has 1 heterocycles. The van der Waals surface area contributed by atoms with Gasteiger partial charge in [0.25, 0.3) is 0 Å². The quantitative estimate of drug-likeness (QED) is 0.912. The lowest BCUT2D eigenvalue weighted by Gasteiger charge is -2.47. The van der Waals surface area contributed by atoms with Gasteiger partial charge in [-0.2, -0.15) is 0 Å². The van der Waals surface area contributed by atoms with Crippen LogP contribution in [0.5, 0.6) is 5.75 Å². The molecule has 1 aliphatic rings. The zero-order chi connectivity index (χ0) is 14.8. The molecule has 1 aliphatic heterocycles. The Hall–Kier alpha value is -1.22. The molecule has 0 aromatic heterocycles. The molecular formula is C17H28N2O. The van der Waals surface area contributed by atoms with E-state index in [0.717, 1.165) is 31.7 Å². The van der Waals surface area contributed by atoms with E-state index in [-0.39, 0.29) is 5.54 Å². The molecule has 0 radical (unpaired) electrons. The van der Waals surface area contributed by atoms with Gasteiger partial charge in [-0.05, 0) is 50.5 Å². The molecule has 0 spiro atoms. The number of aryl methyl sites for hydroxylation is 1. The molecule has 1 N–H and O–H groups in total. The summed E-state index contributed by atoms with van der Waals surface area (Å²) in [6.07, 6.45) is 2.31. The maximum Gasteiger partial charge on any atom is 0.119 e. The van der Waals surface area contributed by atoms with Crippen molar-refractivity contribution >= 4 is 5.69 Å². The Morgan fingerprint density at radius 1 is 1.40 bits per heavy atom. The van der Waals surface area contributed by atoms with Crippen molar-refractivity contribution < 1.29 is 4.74 Å². The second-order valence-corrected chi connectivity index (χ2v) is 6.14. The third-order valence-electron chi connectivity index (χ3n) is 4.69. The minimum absolute atomic E-state index is 0.206. The number of hydrogen-bond acceptors (Lipinski definition) is 3. The van der Waals surface area contributed by atoms with Crippen molar-refractivity contribution in [3.8, 4) is 5.75 Å². The molecule has 1 aromatic rings. The van der Waals surface area contributed by atoms with E-state index in [1.54, 1.807) is 7.11 Å². The highest BCUT2D eigenvalue weighted by Crippen LogP contribution is 2.31. The van der Waals surface area contributed by atoms with Gasteiger partial charge in [-0.3, -0.25) is 0 Å². The van der Waals surface area contributed by atoms with Crippen LogP contribution in [0.4, 0.5) is 5.69 Å². The molecule has 2 unspecified atom stereocenters. The number of ether oxygens (including phenoxy) is 1. The van der Waals surface area contributed by atoms with Crippen molar-refractivity contribution in [2.24, 2.45) is 0 Å². The van der Waals surface area contributed by atoms with Gasteiger partial charge in [-0.25, -0.2) is 0 Å². The van der Waals surface area contributed by atoms with E-state index >= 15 is 0 Å². The van der Waals surface area contributed by atoms with Gasteiger partial charge in [0.2, 0.25) is 0 Å². The van der Waals surface area contributed by atoms with Crippen molar-refractivity contribution in [3.05, 3.63) is 23.8 Å². The fourth-order valence-electron chi connectivity index (χ4n) is 3.00. The summed E-state index contributed by atoms with van der Waals surface area (Å²) in [5, 5.41) is 3.72.